The number of rotatable bonds is 13. The van der Waals surface area contributed by atoms with Gasteiger partial charge in [-0.1, -0.05) is 78.3 Å². The molecule has 13 heteroatoms. The Bertz CT molecular complexity index is 1610. The van der Waals surface area contributed by atoms with E-state index in [1.54, 1.807) is 6.07 Å². The smallest absolute Gasteiger partial charge is 0.302 e. The van der Waals surface area contributed by atoms with Crippen molar-refractivity contribution in [1.82, 2.24) is 14.3 Å². The van der Waals surface area contributed by atoms with Crippen molar-refractivity contribution in [1.29, 1.82) is 0 Å². The van der Waals surface area contributed by atoms with E-state index in [4.69, 9.17) is 14.5 Å². The van der Waals surface area contributed by atoms with E-state index in [-0.39, 0.29) is 46.3 Å². The first-order valence-corrected chi connectivity index (χ1v) is 21.9. The van der Waals surface area contributed by atoms with Crippen molar-refractivity contribution >= 4 is 33.6 Å². The fraction of sp³-hybridized carbons (Fsp3) is 0.744. The number of hydrogen-bond acceptors (Lipinski definition) is 8. The number of nitrogens with zero attached hydrogens (tertiary/aromatic N) is 3. The Morgan fingerprint density at radius 3 is 2.13 bits per heavy atom. The summed E-state index contributed by atoms with van der Waals surface area (Å²) in [4.78, 5) is 9.17. The highest BCUT2D eigenvalue weighted by molar-refractivity contribution is 7.98. The van der Waals surface area contributed by atoms with Gasteiger partial charge in [0.15, 0.2) is 22.6 Å². The normalized spacial score (nSPS) is 32.2. The van der Waals surface area contributed by atoms with Gasteiger partial charge in [0.25, 0.3) is 0 Å². The summed E-state index contributed by atoms with van der Waals surface area (Å²) in [6, 6.07) is 5.39. The van der Waals surface area contributed by atoms with E-state index in [0.717, 1.165) is 37.1 Å². The van der Waals surface area contributed by atoms with E-state index < -0.39 is 27.6 Å². The van der Waals surface area contributed by atoms with E-state index in [9.17, 15) is 17.2 Å². The van der Waals surface area contributed by atoms with Crippen LogP contribution in [0.3, 0.4) is 0 Å². The number of hydrogen-bond donors (Lipinski definition) is 2. The number of benzene rings is 1. The molecule has 4 fully saturated rings. The minimum Gasteiger partial charge on any atom is -0.365 e. The van der Waals surface area contributed by atoms with Gasteiger partial charge >= 0.3 is 10.2 Å². The molecule has 9 nitrogen and oxygen atoms in total. The third-order valence-corrected chi connectivity index (χ3v) is 14.7. The summed E-state index contributed by atoms with van der Waals surface area (Å²) in [5, 5.41) is 3.73. The second-order valence-electron chi connectivity index (χ2n) is 16.8. The van der Waals surface area contributed by atoms with Crippen LogP contribution in [0, 0.1) is 59.0 Å². The predicted octanol–water partition coefficient (Wildman–Crippen LogP) is 8.74. The molecule has 2 saturated carbocycles. The summed E-state index contributed by atoms with van der Waals surface area (Å²) >= 11 is 1.11. The molecule has 290 valence electrons. The first kappa shape index (κ1) is 39.6. The Hall–Kier alpha value is -2.06. The monoisotopic (exact) mass is 763 g/mol. The first-order valence-electron chi connectivity index (χ1n) is 19.5. The number of ether oxygens (including phenoxy) is 2. The summed E-state index contributed by atoms with van der Waals surface area (Å²) < 4.78 is 73.1. The lowest BCUT2D eigenvalue weighted by molar-refractivity contribution is -0.280. The van der Waals surface area contributed by atoms with Crippen molar-refractivity contribution < 1.29 is 26.7 Å². The van der Waals surface area contributed by atoms with Crippen LogP contribution < -0.4 is 10.0 Å². The van der Waals surface area contributed by atoms with E-state index in [2.05, 4.69) is 63.5 Å². The van der Waals surface area contributed by atoms with Gasteiger partial charge in [0.05, 0.1) is 12.6 Å². The van der Waals surface area contributed by atoms with Gasteiger partial charge in [-0.15, -0.1) is 0 Å². The molecule has 0 spiro atoms. The molecule has 6 rings (SSSR count). The first-order chi connectivity index (χ1) is 24.7. The average Bonchev–Trinajstić information content (AvgIpc) is 3.50. The molecule has 0 radical (unpaired) electrons. The second-order valence-corrected chi connectivity index (χ2v) is 19.4. The Balaban J connectivity index is 1.28. The predicted molar refractivity (Wildman–Crippen MR) is 203 cm³/mol. The molecule has 2 N–H and O–H groups in total. The lowest BCUT2D eigenvalue weighted by Crippen LogP contribution is -2.56. The average molecular weight is 764 g/mol. The van der Waals surface area contributed by atoms with Crippen LogP contribution in [0.2, 0.25) is 0 Å². The topological polar surface area (TPSA) is 106 Å². The molecule has 2 aromatic rings. The van der Waals surface area contributed by atoms with Crippen molar-refractivity contribution in [3.8, 4) is 0 Å². The third-order valence-electron chi connectivity index (χ3n) is 12.3. The second kappa shape index (κ2) is 16.4. The van der Waals surface area contributed by atoms with Crippen molar-refractivity contribution in [3.05, 3.63) is 41.5 Å². The molecule has 6 unspecified atom stereocenters. The summed E-state index contributed by atoms with van der Waals surface area (Å²) in [6.07, 6.45) is 7.53. The van der Waals surface area contributed by atoms with Gasteiger partial charge in [-0.3, -0.25) is 4.72 Å². The maximum Gasteiger partial charge on any atom is 0.302 e. The van der Waals surface area contributed by atoms with Gasteiger partial charge < -0.3 is 14.8 Å². The Morgan fingerprint density at radius 1 is 0.942 bits per heavy atom. The van der Waals surface area contributed by atoms with Crippen LogP contribution in [0.15, 0.2) is 29.4 Å². The molecule has 0 bridgehead atoms. The maximum atomic E-state index is 14.5. The van der Waals surface area contributed by atoms with Crippen molar-refractivity contribution in [2.24, 2.45) is 47.3 Å². The van der Waals surface area contributed by atoms with E-state index in [0.29, 0.717) is 61.0 Å². The molecule has 2 aliphatic heterocycles. The van der Waals surface area contributed by atoms with Crippen molar-refractivity contribution in [2.45, 2.75) is 122 Å². The zero-order valence-electron chi connectivity index (χ0n) is 31.9. The maximum absolute atomic E-state index is 14.5. The quantitative estimate of drug-likeness (QED) is 0.154. The standard InChI is InChI=1S/C39H59F2N5O4S2/c1-23(2)29-14-12-25(5)18-31(29)39(32-19-26(6)13-15-30(32)24(3)4)49-21-34(50-39)27(7)42-35-20-36(45-52(47,48)46-16-9-17-46)44-38(43-35)51-22-28-10-8-11-33(40)37(28)41/h8,10-11,20,23-27,29-32,34H,9,12-19,21-22H2,1-7H3,(H2,42,43,44,45)/t25?,26?,27-,29?,30?,31?,32?,34-,39?/m0/s1. The van der Waals surface area contributed by atoms with Crippen LogP contribution in [-0.4, -0.2) is 60.3 Å². The van der Waals surface area contributed by atoms with Crippen molar-refractivity contribution in [3.63, 3.8) is 0 Å². The highest BCUT2D eigenvalue weighted by Gasteiger charge is 2.59. The fourth-order valence-electron chi connectivity index (χ4n) is 9.23. The Morgan fingerprint density at radius 2 is 1.56 bits per heavy atom. The minimum absolute atomic E-state index is 0.0661. The lowest BCUT2D eigenvalue weighted by Gasteiger charge is -2.54. The SMILES string of the molecule is CC1CCC(C(C)C)C(C2(C3CC(C)CCC3C(C)C)OC[C@@H]([C@H](C)Nc3cc(NS(=O)(=O)N4CCC4)nc(SCc4cccc(F)c4F)n3)O2)C1. The Kier molecular flexibility index (Phi) is 12.5. The number of anilines is 2. The summed E-state index contributed by atoms with van der Waals surface area (Å²) in [6.45, 7) is 17.5. The number of nitrogens with one attached hydrogen (secondary N) is 2. The molecule has 2 saturated heterocycles. The summed E-state index contributed by atoms with van der Waals surface area (Å²) in [5.41, 5.74) is 0.171. The van der Waals surface area contributed by atoms with Crippen LogP contribution in [0.1, 0.15) is 99.0 Å². The molecule has 0 amide bonds. The van der Waals surface area contributed by atoms with Gasteiger partial charge in [-0.25, -0.2) is 18.7 Å². The molecule has 8 atom stereocenters. The molecule has 1 aromatic carbocycles. The van der Waals surface area contributed by atoms with Gasteiger partial charge in [0, 0.05) is 42.3 Å². The third kappa shape index (κ3) is 8.58. The van der Waals surface area contributed by atoms with Crippen LogP contribution in [0.25, 0.3) is 0 Å². The molecule has 4 aliphatic rings. The van der Waals surface area contributed by atoms with E-state index >= 15 is 0 Å². The highest BCUT2D eigenvalue weighted by atomic mass is 32.2. The number of halogens is 2. The molecule has 1 aromatic heterocycles. The lowest BCUT2D eigenvalue weighted by atomic mass is 9.58. The summed E-state index contributed by atoms with van der Waals surface area (Å²) in [7, 11) is -3.81. The number of thioether (sulfide) groups is 1. The highest BCUT2D eigenvalue weighted by Crippen LogP contribution is 2.56. The molecular formula is C39H59F2N5O4S2. The minimum atomic E-state index is -3.81. The van der Waals surface area contributed by atoms with Crippen LogP contribution in [0.5, 0.6) is 0 Å². The van der Waals surface area contributed by atoms with Gasteiger partial charge in [-0.05, 0) is 80.6 Å². The Labute approximate surface area is 314 Å². The molecule has 52 heavy (non-hydrogen) atoms. The number of aromatic nitrogens is 2. The zero-order valence-corrected chi connectivity index (χ0v) is 33.5. The largest absolute Gasteiger partial charge is 0.365 e. The zero-order chi connectivity index (χ0) is 37.4. The fourth-order valence-corrected chi connectivity index (χ4v) is 11.3. The van der Waals surface area contributed by atoms with E-state index in [1.165, 1.54) is 42.1 Å². The van der Waals surface area contributed by atoms with Crippen LogP contribution >= 0.6 is 11.8 Å². The van der Waals surface area contributed by atoms with Gasteiger partial charge in [0.1, 0.15) is 17.7 Å². The molecular weight excluding hydrogens is 705 g/mol. The van der Waals surface area contributed by atoms with Crippen LogP contribution in [0.4, 0.5) is 20.4 Å². The molecule has 3 heterocycles. The van der Waals surface area contributed by atoms with E-state index in [1.807, 2.05) is 0 Å². The van der Waals surface area contributed by atoms with Crippen molar-refractivity contribution in [2.75, 3.05) is 29.7 Å². The van der Waals surface area contributed by atoms with Gasteiger partial charge in [-0.2, -0.15) is 12.7 Å². The molecule has 2 aliphatic carbocycles. The van der Waals surface area contributed by atoms with Gasteiger partial charge in [0.2, 0.25) is 0 Å². The summed E-state index contributed by atoms with van der Waals surface area (Å²) in [5.74, 6) is 1.89. The van der Waals surface area contributed by atoms with Crippen LogP contribution in [-0.2, 0) is 25.4 Å².